The summed E-state index contributed by atoms with van der Waals surface area (Å²) in [6, 6.07) is 11.0. The minimum absolute atomic E-state index is 0.257. The maximum absolute atomic E-state index is 11.2. The Hall–Kier alpha value is -2.14. The number of imidazole rings is 1. The van der Waals surface area contributed by atoms with Crippen molar-refractivity contribution in [3.8, 4) is 5.69 Å². The lowest BCUT2D eigenvalue weighted by molar-refractivity contribution is 0.0697. The lowest BCUT2D eigenvalue weighted by Crippen LogP contribution is -2.00. The number of benzene rings is 2. The van der Waals surface area contributed by atoms with Crippen LogP contribution in [0.4, 0.5) is 0 Å². The predicted octanol–water partition coefficient (Wildman–Crippen LogP) is 4.10. The molecule has 0 radical (unpaired) electrons. The van der Waals surface area contributed by atoms with Crippen molar-refractivity contribution >= 4 is 32.9 Å². The van der Waals surface area contributed by atoms with Gasteiger partial charge in [0.25, 0.3) is 0 Å². The summed E-state index contributed by atoms with van der Waals surface area (Å²) in [6.07, 6.45) is 0. The van der Waals surface area contributed by atoms with Crippen LogP contribution in [0.2, 0.25) is 0 Å². The van der Waals surface area contributed by atoms with Crippen LogP contribution in [0.5, 0.6) is 0 Å². The first-order valence-electron chi connectivity index (χ1n) is 6.46. The van der Waals surface area contributed by atoms with Gasteiger partial charge in [-0.2, -0.15) is 0 Å². The van der Waals surface area contributed by atoms with Crippen molar-refractivity contribution in [1.82, 2.24) is 9.55 Å². The van der Waals surface area contributed by atoms with E-state index in [4.69, 9.17) is 0 Å². The van der Waals surface area contributed by atoms with E-state index < -0.39 is 5.97 Å². The molecular weight excluding hydrogens is 332 g/mol. The molecule has 0 bridgehead atoms. The number of hydrogen-bond donors (Lipinski definition) is 1. The molecule has 1 N–H and O–H groups in total. The zero-order valence-electron chi connectivity index (χ0n) is 11.6. The summed E-state index contributed by atoms with van der Waals surface area (Å²) < 4.78 is 2.91. The summed E-state index contributed by atoms with van der Waals surface area (Å²) in [4.78, 5) is 15.7. The molecule has 0 amide bonds. The maximum Gasteiger partial charge on any atom is 0.335 e. The van der Waals surface area contributed by atoms with Gasteiger partial charge in [-0.3, -0.25) is 4.57 Å². The van der Waals surface area contributed by atoms with Crippen LogP contribution in [0.25, 0.3) is 16.7 Å². The fourth-order valence-corrected chi connectivity index (χ4v) is 2.85. The number of carbonyl (C=O) groups is 1. The number of rotatable bonds is 2. The van der Waals surface area contributed by atoms with E-state index in [1.165, 1.54) is 0 Å². The molecule has 0 fully saturated rings. The van der Waals surface area contributed by atoms with Gasteiger partial charge in [0.1, 0.15) is 5.82 Å². The number of fused-ring (bicyclic) bond motifs is 1. The molecule has 0 saturated heterocycles. The number of aryl methyl sites for hydroxylation is 2. The summed E-state index contributed by atoms with van der Waals surface area (Å²) in [5, 5.41) is 9.17. The fourth-order valence-electron chi connectivity index (χ4n) is 2.43. The second-order valence-electron chi connectivity index (χ2n) is 4.96. The van der Waals surface area contributed by atoms with Gasteiger partial charge in [0.2, 0.25) is 0 Å². The van der Waals surface area contributed by atoms with Crippen LogP contribution >= 0.6 is 15.9 Å². The van der Waals surface area contributed by atoms with E-state index >= 15 is 0 Å². The molecule has 0 aliphatic carbocycles. The highest BCUT2D eigenvalue weighted by molar-refractivity contribution is 9.10. The number of carboxylic acid groups (broad SMARTS) is 1. The van der Waals surface area contributed by atoms with E-state index in [9.17, 15) is 9.90 Å². The summed E-state index contributed by atoms with van der Waals surface area (Å²) in [5.74, 6) is -0.121. The van der Waals surface area contributed by atoms with Crippen LogP contribution in [-0.2, 0) is 0 Å². The summed E-state index contributed by atoms with van der Waals surface area (Å²) in [6.45, 7) is 3.93. The highest BCUT2D eigenvalue weighted by Gasteiger charge is 2.14. The smallest absolute Gasteiger partial charge is 0.335 e. The molecule has 1 heterocycles. The molecule has 21 heavy (non-hydrogen) atoms. The molecule has 0 aliphatic rings. The van der Waals surface area contributed by atoms with Gasteiger partial charge in [0.15, 0.2) is 0 Å². The molecule has 0 spiro atoms. The second-order valence-corrected chi connectivity index (χ2v) is 5.81. The van der Waals surface area contributed by atoms with Gasteiger partial charge >= 0.3 is 5.97 Å². The van der Waals surface area contributed by atoms with Crippen LogP contribution in [0.15, 0.2) is 40.9 Å². The van der Waals surface area contributed by atoms with Gasteiger partial charge in [-0.15, -0.1) is 0 Å². The Balaban J connectivity index is 2.35. The third kappa shape index (κ3) is 2.34. The van der Waals surface area contributed by atoms with E-state index in [0.717, 1.165) is 32.6 Å². The minimum atomic E-state index is -0.939. The molecule has 2 aromatic carbocycles. The second kappa shape index (κ2) is 5.00. The van der Waals surface area contributed by atoms with Crippen molar-refractivity contribution in [3.05, 3.63) is 57.8 Å². The summed E-state index contributed by atoms with van der Waals surface area (Å²) >= 11 is 3.55. The number of nitrogens with zero attached hydrogens (tertiary/aromatic N) is 2. The maximum atomic E-state index is 11.2. The molecule has 5 heteroatoms. The van der Waals surface area contributed by atoms with Gasteiger partial charge in [-0.25, -0.2) is 9.78 Å². The molecule has 0 aliphatic heterocycles. The highest BCUT2D eigenvalue weighted by Crippen LogP contribution is 2.28. The van der Waals surface area contributed by atoms with Gasteiger partial charge in [0.05, 0.1) is 22.3 Å². The van der Waals surface area contributed by atoms with E-state index in [2.05, 4.69) is 20.9 Å². The molecule has 4 nitrogen and oxygen atoms in total. The van der Waals surface area contributed by atoms with Crippen molar-refractivity contribution in [2.24, 2.45) is 0 Å². The predicted molar refractivity (Wildman–Crippen MR) is 85.2 cm³/mol. The molecule has 106 valence electrons. The molecular formula is C16H13BrN2O2. The van der Waals surface area contributed by atoms with Crippen molar-refractivity contribution in [3.63, 3.8) is 0 Å². The van der Waals surface area contributed by atoms with Crippen molar-refractivity contribution in [2.45, 2.75) is 13.8 Å². The van der Waals surface area contributed by atoms with Crippen molar-refractivity contribution in [2.75, 3.05) is 0 Å². The lowest BCUT2D eigenvalue weighted by atomic mass is 10.2. The molecule has 3 aromatic rings. The SMILES string of the molecule is Cc1ccc(Br)c(-n2c(C)nc3ccc(C(=O)O)cc32)c1. The molecule has 3 rings (SSSR count). The highest BCUT2D eigenvalue weighted by atomic mass is 79.9. The fraction of sp³-hybridized carbons (Fsp3) is 0.125. The monoisotopic (exact) mass is 344 g/mol. The third-order valence-electron chi connectivity index (χ3n) is 3.41. The van der Waals surface area contributed by atoms with Crippen LogP contribution in [0, 0.1) is 13.8 Å². The van der Waals surface area contributed by atoms with E-state index in [-0.39, 0.29) is 5.56 Å². The normalized spacial score (nSPS) is 11.0. The minimum Gasteiger partial charge on any atom is -0.478 e. The molecule has 0 atom stereocenters. The Kier molecular flexibility index (Phi) is 3.29. The van der Waals surface area contributed by atoms with Gasteiger partial charge in [0, 0.05) is 4.47 Å². The third-order valence-corrected chi connectivity index (χ3v) is 4.08. The molecule has 0 unspecified atom stereocenters. The lowest BCUT2D eigenvalue weighted by Gasteiger charge is -2.10. The van der Waals surface area contributed by atoms with E-state index in [1.54, 1.807) is 18.2 Å². The van der Waals surface area contributed by atoms with Gasteiger partial charge in [-0.05, 0) is 65.7 Å². The Morgan fingerprint density at radius 1 is 1.19 bits per heavy atom. The van der Waals surface area contributed by atoms with Crippen molar-refractivity contribution < 1.29 is 9.90 Å². The van der Waals surface area contributed by atoms with Crippen LogP contribution in [0.1, 0.15) is 21.7 Å². The first-order chi connectivity index (χ1) is 9.97. The summed E-state index contributed by atoms with van der Waals surface area (Å²) in [5.41, 5.74) is 3.92. The number of carboxylic acids is 1. The van der Waals surface area contributed by atoms with Crippen LogP contribution < -0.4 is 0 Å². The number of halogens is 1. The Morgan fingerprint density at radius 2 is 1.95 bits per heavy atom. The van der Waals surface area contributed by atoms with E-state index in [0.29, 0.717) is 0 Å². The average molecular weight is 345 g/mol. The largest absolute Gasteiger partial charge is 0.478 e. The Labute approximate surface area is 130 Å². The van der Waals surface area contributed by atoms with Gasteiger partial charge < -0.3 is 5.11 Å². The standard InChI is InChI=1S/C16H13BrN2O2/c1-9-3-5-12(17)14(7-9)19-10(2)18-13-6-4-11(16(20)21)8-15(13)19/h3-8H,1-2H3,(H,20,21). The molecule has 1 aromatic heterocycles. The molecule has 0 saturated carbocycles. The van der Waals surface area contributed by atoms with E-state index in [1.807, 2.05) is 36.6 Å². The van der Waals surface area contributed by atoms with Crippen LogP contribution in [0.3, 0.4) is 0 Å². The van der Waals surface area contributed by atoms with Crippen molar-refractivity contribution in [1.29, 1.82) is 0 Å². The Morgan fingerprint density at radius 3 is 2.67 bits per heavy atom. The zero-order chi connectivity index (χ0) is 15.1. The number of hydrogen-bond acceptors (Lipinski definition) is 2. The number of aromatic carboxylic acids is 1. The number of aromatic nitrogens is 2. The average Bonchev–Trinajstić information content (AvgIpc) is 2.76. The topological polar surface area (TPSA) is 55.1 Å². The summed E-state index contributed by atoms with van der Waals surface area (Å²) in [7, 11) is 0. The zero-order valence-corrected chi connectivity index (χ0v) is 13.2. The van der Waals surface area contributed by atoms with Gasteiger partial charge in [-0.1, -0.05) is 6.07 Å². The first kappa shape index (κ1) is 13.8. The quantitative estimate of drug-likeness (QED) is 0.761. The Bertz CT molecular complexity index is 868. The first-order valence-corrected chi connectivity index (χ1v) is 7.25. The van der Waals surface area contributed by atoms with Crippen LogP contribution in [-0.4, -0.2) is 20.6 Å².